The maximum Gasteiger partial charge on any atom is 0.268 e. The van der Waals surface area contributed by atoms with Gasteiger partial charge in [0.2, 0.25) is 5.95 Å². The quantitative estimate of drug-likeness (QED) is 0.409. The van der Waals surface area contributed by atoms with Crippen LogP contribution in [0.5, 0.6) is 0 Å². The minimum absolute atomic E-state index is 0.232. The summed E-state index contributed by atoms with van der Waals surface area (Å²) in [5, 5.41) is 5.91. The average molecular weight is 426 g/mol. The second-order valence-corrected chi connectivity index (χ2v) is 7.73. The van der Waals surface area contributed by atoms with Crippen LogP contribution in [-0.4, -0.2) is 15.9 Å². The van der Waals surface area contributed by atoms with Gasteiger partial charge in [0, 0.05) is 21.2 Å². The first kappa shape index (κ1) is 18.6. The largest absolute Gasteiger partial charge is 0.290 e. The van der Waals surface area contributed by atoms with E-state index in [1.54, 1.807) is 30.3 Å². The van der Waals surface area contributed by atoms with Crippen LogP contribution in [0.15, 0.2) is 72.1 Å². The Morgan fingerprint density at radius 3 is 1.82 bits per heavy atom. The molecule has 1 amide bonds. The van der Waals surface area contributed by atoms with Crippen LogP contribution in [0.25, 0.3) is 22.5 Å². The number of rotatable bonds is 4. The predicted molar refractivity (Wildman–Crippen MR) is 115 cm³/mol. The fourth-order valence-corrected chi connectivity index (χ4v) is 3.48. The van der Waals surface area contributed by atoms with E-state index in [9.17, 15) is 4.79 Å². The summed E-state index contributed by atoms with van der Waals surface area (Å²) < 4.78 is 0. The zero-order valence-corrected chi connectivity index (χ0v) is 16.7. The molecule has 4 nitrogen and oxygen atoms in total. The Bertz CT molecular complexity index is 1050. The van der Waals surface area contributed by atoms with Crippen molar-refractivity contribution in [1.82, 2.24) is 9.97 Å². The van der Waals surface area contributed by atoms with E-state index in [0.29, 0.717) is 26.3 Å². The molecule has 4 aromatic rings. The van der Waals surface area contributed by atoms with Gasteiger partial charge in [0.25, 0.3) is 5.91 Å². The summed E-state index contributed by atoms with van der Waals surface area (Å²) in [6.07, 6.45) is 0. The van der Waals surface area contributed by atoms with Crippen LogP contribution in [0.1, 0.15) is 9.67 Å². The number of hydrogen-bond acceptors (Lipinski definition) is 4. The Morgan fingerprint density at radius 2 is 1.36 bits per heavy atom. The second-order valence-electron chi connectivity index (χ2n) is 5.91. The molecule has 0 bridgehead atoms. The Hall–Kier alpha value is -2.73. The molecule has 28 heavy (non-hydrogen) atoms. The zero-order valence-electron chi connectivity index (χ0n) is 14.4. The van der Waals surface area contributed by atoms with E-state index in [1.807, 2.05) is 41.8 Å². The van der Waals surface area contributed by atoms with Crippen molar-refractivity contribution in [1.29, 1.82) is 0 Å². The monoisotopic (exact) mass is 425 g/mol. The van der Waals surface area contributed by atoms with E-state index in [0.717, 1.165) is 11.1 Å². The average Bonchev–Trinajstić information content (AvgIpc) is 3.24. The lowest BCUT2D eigenvalue weighted by molar-refractivity contribution is 0.102. The molecule has 0 spiro atoms. The number of amides is 1. The number of thiophene rings is 1. The molecule has 0 aliphatic rings. The van der Waals surface area contributed by atoms with Gasteiger partial charge in [-0.25, -0.2) is 9.97 Å². The molecule has 2 heterocycles. The highest BCUT2D eigenvalue weighted by atomic mass is 35.5. The van der Waals surface area contributed by atoms with Gasteiger partial charge in [0.15, 0.2) is 0 Å². The number of carbonyl (C=O) groups is 1. The summed E-state index contributed by atoms with van der Waals surface area (Å²) >= 11 is 13.4. The Kier molecular flexibility index (Phi) is 5.39. The van der Waals surface area contributed by atoms with Crippen LogP contribution in [0.2, 0.25) is 10.0 Å². The van der Waals surface area contributed by atoms with Gasteiger partial charge in [-0.3, -0.25) is 10.1 Å². The number of nitrogens with zero attached hydrogens (tertiary/aromatic N) is 2. The number of aromatic nitrogens is 2. The van der Waals surface area contributed by atoms with Gasteiger partial charge in [0.1, 0.15) is 0 Å². The van der Waals surface area contributed by atoms with Gasteiger partial charge < -0.3 is 0 Å². The van der Waals surface area contributed by atoms with Gasteiger partial charge in [0.05, 0.1) is 16.3 Å². The van der Waals surface area contributed by atoms with Crippen LogP contribution < -0.4 is 5.32 Å². The smallest absolute Gasteiger partial charge is 0.268 e. The number of anilines is 1. The van der Waals surface area contributed by atoms with E-state index in [-0.39, 0.29) is 11.9 Å². The van der Waals surface area contributed by atoms with Crippen molar-refractivity contribution >= 4 is 46.4 Å². The molecule has 4 rings (SSSR count). The Balaban J connectivity index is 1.77. The number of nitrogens with one attached hydrogen (secondary N) is 1. The van der Waals surface area contributed by atoms with Crippen molar-refractivity contribution in [2.24, 2.45) is 0 Å². The lowest BCUT2D eigenvalue weighted by atomic mass is 10.1. The van der Waals surface area contributed by atoms with Crippen molar-refractivity contribution in [3.8, 4) is 22.5 Å². The maximum atomic E-state index is 12.4. The summed E-state index contributed by atoms with van der Waals surface area (Å²) in [4.78, 5) is 22.1. The van der Waals surface area contributed by atoms with Gasteiger partial charge >= 0.3 is 0 Å². The second kappa shape index (κ2) is 8.10. The normalized spacial score (nSPS) is 10.6. The fourth-order valence-electron chi connectivity index (χ4n) is 2.61. The third kappa shape index (κ3) is 4.22. The zero-order chi connectivity index (χ0) is 19.5. The lowest BCUT2D eigenvalue weighted by Crippen LogP contribution is -2.13. The molecule has 0 unspecified atom stereocenters. The number of carbonyl (C=O) groups excluding carboxylic acids is 1. The summed E-state index contributed by atoms with van der Waals surface area (Å²) in [7, 11) is 0. The van der Waals surface area contributed by atoms with E-state index < -0.39 is 0 Å². The molecule has 0 radical (unpaired) electrons. The van der Waals surface area contributed by atoms with E-state index in [1.165, 1.54) is 11.3 Å². The molecule has 0 aliphatic carbocycles. The fraction of sp³-hybridized carbons (Fsp3) is 0. The summed E-state index contributed by atoms with van der Waals surface area (Å²) in [5.41, 5.74) is 3.10. The molecular weight excluding hydrogens is 413 g/mol. The first-order valence-corrected chi connectivity index (χ1v) is 9.98. The van der Waals surface area contributed by atoms with Crippen molar-refractivity contribution in [3.05, 3.63) is 87.0 Å². The van der Waals surface area contributed by atoms with Crippen LogP contribution in [0.3, 0.4) is 0 Å². The van der Waals surface area contributed by atoms with Crippen molar-refractivity contribution in [3.63, 3.8) is 0 Å². The van der Waals surface area contributed by atoms with E-state index in [4.69, 9.17) is 23.2 Å². The van der Waals surface area contributed by atoms with E-state index in [2.05, 4.69) is 15.3 Å². The van der Waals surface area contributed by atoms with Crippen molar-refractivity contribution in [2.75, 3.05) is 5.32 Å². The predicted octanol–water partition coefficient (Wildman–Crippen LogP) is 6.43. The van der Waals surface area contributed by atoms with Gasteiger partial charge in [-0.1, -0.05) is 53.5 Å². The molecule has 0 atom stereocenters. The number of hydrogen-bond donors (Lipinski definition) is 1. The van der Waals surface area contributed by atoms with Crippen LogP contribution in [0.4, 0.5) is 5.95 Å². The standard InChI is InChI=1S/C21H13Cl2N3OS/c22-15-7-3-13(4-8-15)17-12-18(14-5-9-16(23)10-6-14)25-21(24-17)26-20(27)19-2-1-11-28-19/h1-12H,(H,24,25,26,27). The van der Waals surface area contributed by atoms with Gasteiger partial charge in [-0.15, -0.1) is 11.3 Å². The van der Waals surface area contributed by atoms with Crippen molar-refractivity contribution < 1.29 is 4.79 Å². The highest BCUT2D eigenvalue weighted by molar-refractivity contribution is 7.12. The van der Waals surface area contributed by atoms with Gasteiger partial charge in [-0.05, 0) is 41.8 Å². The minimum atomic E-state index is -0.245. The van der Waals surface area contributed by atoms with Gasteiger partial charge in [-0.2, -0.15) is 0 Å². The van der Waals surface area contributed by atoms with Crippen LogP contribution >= 0.6 is 34.5 Å². The maximum absolute atomic E-state index is 12.4. The molecule has 0 aliphatic heterocycles. The Morgan fingerprint density at radius 1 is 0.821 bits per heavy atom. The third-order valence-corrected chi connectivity index (χ3v) is 5.35. The minimum Gasteiger partial charge on any atom is -0.290 e. The molecular formula is C21H13Cl2N3OS. The molecule has 1 N–H and O–H groups in total. The molecule has 7 heteroatoms. The molecule has 0 saturated heterocycles. The molecule has 138 valence electrons. The lowest BCUT2D eigenvalue weighted by Gasteiger charge is -2.10. The number of halogens is 2. The van der Waals surface area contributed by atoms with Crippen LogP contribution in [-0.2, 0) is 0 Å². The molecule has 0 fully saturated rings. The first-order chi connectivity index (χ1) is 13.6. The molecule has 2 aromatic heterocycles. The summed E-state index contributed by atoms with van der Waals surface area (Å²) in [5.74, 6) is -0.0129. The third-order valence-electron chi connectivity index (χ3n) is 3.98. The summed E-state index contributed by atoms with van der Waals surface area (Å²) in [6.45, 7) is 0. The highest BCUT2D eigenvalue weighted by Gasteiger charge is 2.13. The van der Waals surface area contributed by atoms with Crippen molar-refractivity contribution in [2.45, 2.75) is 0 Å². The SMILES string of the molecule is O=C(Nc1nc(-c2ccc(Cl)cc2)cc(-c2ccc(Cl)cc2)n1)c1cccs1. The van der Waals surface area contributed by atoms with E-state index >= 15 is 0 Å². The molecule has 2 aromatic carbocycles. The topological polar surface area (TPSA) is 54.9 Å². The first-order valence-electron chi connectivity index (χ1n) is 8.34. The molecule has 0 saturated carbocycles. The highest BCUT2D eigenvalue weighted by Crippen LogP contribution is 2.27. The Labute approximate surface area is 175 Å². The number of benzene rings is 2. The summed E-state index contributed by atoms with van der Waals surface area (Å²) in [6, 6.07) is 20.1. The van der Waals surface area contributed by atoms with Crippen LogP contribution in [0, 0.1) is 0 Å².